The Balaban J connectivity index is 1.67. The highest BCUT2D eigenvalue weighted by Gasteiger charge is 2.33. The molecule has 2 amide bonds. The van der Waals surface area contributed by atoms with Gasteiger partial charge in [0.15, 0.2) is 0 Å². The lowest BCUT2D eigenvalue weighted by Crippen LogP contribution is -2.56. The Hall–Kier alpha value is -2.94. The first kappa shape index (κ1) is 22.7. The second-order valence-corrected chi connectivity index (χ2v) is 7.56. The molecule has 2 aromatic rings. The van der Waals surface area contributed by atoms with Gasteiger partial charge in [0.05, 0.1) is 18.0 Å². The molecule has 1 saturated heterocycles. The second kappa shape index (κ2) is 9.47. The van der Waals surface area contributed by atoms with E-state index in [0.717, 1.165) is 12.1 Å². The predicted molar refractivity (Wildman–Crippen MR) is 106 cm³/mol. The quantitative estimate of drug-likeness (QED) is 0.707. The summed E-state index contributed by atoms with van der Waals surface area (Å²) in [6, 6.07) is 10.1. The van der Waals surface area contributed by atoms with E-state index in [2.05, 4.69) is 5.32 Å². The van der Waals surface area contributed by atoms with Gasteiger partial charge in [0.2, 0.25) is 11.8 Å². The van der Waals surface area contributed by atoms with E-state index in [1.165, 1.54) is 36.2 Å². The molecule has 3 rings (SSSR count). The molecule has 2 aromatic carbocycles. The SMILES string of the molecule is CN(Cc1cccc(C(F)(F)F)c1)C(=O)C[C@H]1C(=O)NCCN1Cc1cccc(F)c1. The zero-order valence-corrected chi connectivity index (χ0v) is 17.0. The minimum atomic E-state index is -4.46. The highest BCUT2D eigenvalue weighted by molar-refractivity contribution is 5.88. The van der Waals surface area contributed by atoms with Crippen LogP contribution in [0, 0.1) is 5.82 Å². The summed E-state index contributed by atoms with van der Waals surface area (Å²) in [6.07, 6.45) is -4.59. The van der Waals surface area contributed by atoms with Gasteiger partial charge in [0.25, 0.3) is 0 Å². The van der Waals surface area contributed by atoms with Gasteiger partial charge in [-0.05, 0) is 35.4 Å². The van der Waals surface area contributed by atoms with Crippen molar-refractivity contribution in [2.75, 3.05) is 20.1 Å². The summed E-state index contributed by atoms with van der Waals surface area (Å²) in [5, 5.41) is 2.73. The Bertz CT molecular complexity index is 948. The fourth-order valence-corrected chi connectivity index (χ4v) is 3.57. The average molecular weight is 437 g/mol. The van der Waals surface area contributed by atoms with Crippen molar-refractivity contribution in [3.63, 3.8) is 0 Å². The number of piperazine rings is 1. The molecule has 1 aliphatic rings. The van der Waals surface area contributed by atoms with Gasteiger partial charge >= 0.3 is 6.18 Å². The molecule has 5 nitrogen and oxygen atoms in total. The van der Waals surface area contributed by atoms with Crippen molar-refractivity contribution in [2.24, 2.45) is 0 Å². The molecule has 1 N–H and O–H groups in total. The Morgan fingerprint density at radius 3 is 2.58 bits per heavy atom. The molecule has 31 heavy (non-hydrogen) atoms. The monoisotopic (exact) mass is 437 g/mol. The number of carbonyl (C=O) groups excluding carboxylic acids is 2. The third kappa shape index (κ3) is 6.04. The number of alkyl halides is 3. The summed E-state index contributed by atoms with van der Waals surface area (Å²) in [4.78, 5) is 28.3. The zero-order chi connectivity index (χ0) is 22.6. The molecule has 166 valence electrons. The average Bonchev–Trinajstić information content (AvgIpc) is 2.70. The molecule has 1 atom stereocenters. The van der Waals surface area contributed by atoms with Crippen LogP contribution in [-0.2, 0) is 28.9 Å². The van der Waals surface area contributed by atoms with Crippen LogP contribution < -0.4 is 5.32 Å². The zero-order valence-electron chi connectivity index (χ0n) is 17.0. The third-order valence-corrected chi connectivity index (χ3v) is 5.18. The lowest BCUT2D eigenvalue weighted by Gasteiger charge is -2.35. The number of nitrogens with zero attached hydrogens (tertiary/aromatic N) is 2. The first-order valence-corrected chi connectivity index (χ1v) is 9.80. The van der Waals surface area contributed by atoms with E-state index in [4.69, 9.17) is 0 Å². The summed E-state index contributed by atoms with van der Waals surface area (Å²) < 4.78 is 52.2. The van der Waals surface area contributed by atoms with Gasteiger partial charge in [-0.25, -0.2) is 4.39 Å². The third-order valence-electron chi connectivity index (χ3n) is 5.18. The van der Waals surface area contributed by atoms with Crippen molar-refractivity contribution in [2.45, 2.75) is 31.7 Å². The molecule has 0 saturated carbocycles. The van der Waals surface area contributed by atoms with Crippen molar-refractivity contribution < 1.29 is 27.2 Å². The maximum absolute atomic E-state index is 13.5. The minimum Gasteiger partial charge on any atom is -0.353 e. The fourth-order valence-electron chi connectivity index (χ4n) is 3.57. The number of benzene rings is 2. The van der Waals surface area contributed by atoms with Gasteiger partial charge in [0.1, 0.15) is 5.82 Å². The summed E-state index contributed by atoms with van der Waals surface area (Å²) in [6.45, 7) is 1.21. The molecule has 0 aromatic heterocycles. The molecule has 0 spiro atoms. The summed E-state index contributed by atoms with van der Waals surface area (Å²) in [5.74, 6) is -1.06. The number of carbonyl (C=O) groups is 2. The topological polar surface area (TPSA) is 52.7 Å². The Morgan fingerprint density at radius 1 is 1.16 bits per heavy atom. The van der Waals surface area contributed by atoms with E-state index >= 15 is 0 Å². The Morgan fingerprint density at radius 2 is 1.87 bits per heavy atom. The van der Waals surface area contributed by atoms with Gasteiger partial charge in [0, 0.05) is 33.2 Å². The van der Waals surface area contributed by atoms with Crippen molar-refractivity contribution >= 4 is 11.8 Å². The van der Waals surface area contributed by atoms with E-state index in [1.54, 1.807) is 12.1 Å². The van der Waals surface area contributed by atoms with Crippen LogP contribution in [0.4, 0.5) is 17.6 Å². The lowest BCUT2D eigenvalue weighted by molar-refractivity contribution is -0.138. The first-order valence-electron chi connectivity index (χ1n) is 9.80. The smallest absolute Gasteiger partial charge is 0.353 e. The van der Waals surface area contributed by atoms with Crippen LogP contribution >= 0.6 is 0 Å². The number of halogens is 4. The van der Waals surface area contributed by atoms with E-state index in [9.17, 15) is 27.2 Å². The number of rotatable bonds is 6. The predicted octanol–water partition coefficient (Wildman–Crippen LogP) is 3.19. The van der Waals surface area contributed by atoms with Crippen molar-refractivity contribution in [1.29, 1.82) is 0 Å². The van der Waals surface area contributed by atoms with Crippen LogP contribution in [0.2, 0.25) is 0 Å². The van der Waals surface area contributed by atoms with Gasteiger partial charge in [-0.3, -0.25) is 14.5 Å². The van der Waals surface area contributed by atoms with Crippen molar-refractivity contribution in [3.8, 4) is 0 Å². The molecule has 0 unspecified atom stereocenters. The van der Waals surface area contributed by atoms with E-state index in [1.807, 2.05) is 4.90 Å². The Kier molecular flexibility index (Phi) is 6.94. The summed E-state index contributed by atoms with van der Waals surface area (Å²) in [5.41, 5.74) is 0.249. The number of hydrogen-bond donors (Lipinski definition) is 1. The molecule has 1 fully saturated rings. The molecule has 1 heterocycles. The molecular formula is C22H23F4N3O2. The van der Waals surface area contributed by atoms with Gasteiger partial charge in [-0.15, -0.1) is 0 Å². The fraction of sp³-hybridized carbons (Fsp3) is 0.364. The summed E-state index contributed by atoms with van der Waals surface area (Å²) >= 11 is 0. The molecule has 0 aliphatic carbocycles. The van der Waals surface area contributed by atoms with Crippen molar-refractivity contribution in [1.82, 2.24) is 15.1 Å². The number of nitrogens with one attached hydrogen (secondary N) is 1. The molecule has 0 radical (unpaired) electrons. The van der Waals surface area contributed by atoms with Crippen LogP contribution in [-0.4, -0.2) is 47.8 Å². The highest BCUT2D eigenvalue weighted by atomic mass is 19.4. The van der Waals surface area contributed by atoms with E-state index in [-0.39, 0.29) is 30.6 Å². The normalized spacial score (nSPS) is 17.3. The molecule has 9 heteroatoms. The Labute approximate surface area is 177 Å². The maximum Gasteiger partial charge on any atom is 0.416 e. The lowest BCUT2D eigenvalue weighted by atomic mass is 10.1. The molecule has 1 aliphatic heterocycles. The largest absolute Gasteiger partial charge is 0.416 e. The minimum absolute atomic E-state index is 0.0129. The standard InChI is InChI=1S/C22H23F4N3O2/c1-28(13-15-4-2-6-17(10-15)22(24,25)26)20(30)12-19-21(31)27-8-9-29(19)14-16-5-3-7-18(23)11-16/h2-7,10-11,19H,8-9,12-14H2,1H3,(H,27,31)/t19-/m0/s1. The first-order chi connectivity index (χ1) is 14.6. The van der Waals surface area contributed by atoms with E-state index < -0.39 is 17.8 Å². The van der Waals surface area contributed by atoms with Crippen LogP contribution in [0.5, 0.6) is 0 Å². The van der Waals surface area contributed by atoms with Crippen LogP contribution in [0.3, 0.4) is 0 Å². The van der Waals surface area contributed by atoms with Gasteiger partial charge in [-0.1, -0.05) is 24.3 Å². The molecule has 0 bridgehead atoms. The van der Waals surface area contributed by atoms with Gasteiger partial charge in [-0.2, -0.15) is 13.2 Å². The van der Waals surface area contributed by atoms with Crippen LogP contribution in [0.1, 0.15) is 23.1 Å². The second-order valence-electron chi connectivity index (χ2n) is 7.56. The summed E-state index contributed by atoms with van der Waals surface area (Å²) in [7, 11) is 1.49. The van der Waals surface area contributed by atoms with E-state index in [0.29, 0.717) is 30.8 Å². The van der Waals surface area contributed by atoms with Crippen LogP contribution in [0.25, 0.3) is 0 Å². The molecular weight excluding hydrogens is 414 g/mol. The number of amides is 2. The van der Waals surface area contributed by atoms with Crippen LogP contribution in [0.15, 0.2) is 48.5 Å². The van der Waals surface area contributed by atoms with Gasteiger partial charge < -0.3 is 10.2 Å². The van der Waals surface area contributed by atoms with Crippen molar-refractivity contribution in [3.05, 3.63) is 71.0 Å². The maximum atomic E-state index is 13.5. The number of hydrogen-bond acceptors (Lipinski definition) is 3. The highest BCUT2D eigenvalue weighted by Crippen LogP contribution is 2.29.